The summed E-state index contributed by atoms with van der Waals surface area (Å²) in [6.45, 7) is 4.73. The normalized spacial score (nSPS) is 14.6. The monoisotopic (exact) mass is 475 g/mol. The van der Waals surface area contributed by atoms with Crippen molar-refractivity contribution < 1.29 is 22.7 Å². The van der Waals surface area contributed by atoms with E-state index in [1.165, 1.54) is 35.6 Å². The summed E-state index contributed by atoms with van der Waals surface area (Å²) in [4.78, 5) is 16.5. The van der Waals surface area contributed by atoms with Crippen LogP contribution in [0.2, 0.25) is 0 Å². The van der Waals surface area contributed by atoms with Crippen molar-refractivity contribution in [2.24, 2.45) is 5.14 Å². The van der Waals surface area contributed by atoms with Crippen LogP contribution in [-0.2, 0) is 10.0 Å². The molecule has 168 valence electrons. The van der Waals surface area contributed by atoms with E-state index in [2.05, 4.69) is 9.80 Å². The Kier molecular flexibility index (Phi) is 5.93. The fraction of sp³-hybridized carbons (Fsp3) is 0.227. The lowest BCUT2D eigenvalue weighted by Crippen LogP contribution is -2.46. The average molecular weight is 476 g/mol. The predicted octanol–water partition coefficient (Wildman–Crippen LogP) is 3.53. The lowest BCUT2D eigenvalue weighted by Gasteiger charge is -2.37. The number of rotatable bonds is 5. The molecule has 1 aromatic heterocycles. The second-order valence-corrected chi connectivity index (χ2v) is 10.1. The molecule has 7 nitrogen and oxygen atoms in total. The number of halogens is 1. The average Bonchev–Trinajstić information content (AvgIpc) is 3.11. The number of carboxylic acids is 1. The molecule has 3 aromatic rings. The molecule has 0 unspecified atom stereocenters. The van der Waals surface area contributed by atoms with Crippen LogP contribution in [0.15, 0.2) is 53.4 Å². The second-order valence-electron chi connectivity index (χ2n) is 7.56. The van der Waals surface area contributed by atoms with Crippen molar-refractivity contribution in [1.29, 1.82) is 0 Å². The van der Waals surface area contributed by atoms with Gasteiger partial charge in [-0.3, -0.25) is 0 Å². The van der Waals surface area contributed by atoms with Gasteiger partial charge in [0.1, 0.15) is 10.7 Å². The Morgan fingerprint density at radius 2 is 1.56 bits per heavy atom. The highest BCUT2D eigenvalue weighted by Gasteiger charge is 2.27. The zero-order valence-corrected chi connectivity index (χ0v) is 18.9. The van der Waals surface area contributed by atoms with Crippen molar-refractivity contribution in [2.75, 3.05) is 36.0 Å². The van der Waals surface area contributed by atoms with Gasteiger partial charge in [0.05, 0.1) is 9.90 Å². The highest BCUT2D eigenvalue weighted by Crippen LogP contribution is 2.42. The molecule has 1 fully saturated rings. The molecule has 10 heteroatoms. The van der Waals surface area contributed by atoms with Gasteiger partial charge in [-0.15, -0.1) is 11.3 Å². The van der Waals surface area contributed by atoms with Gasteiger partial charge in [-0.25, -0.2) is 22.7 Å². The molecule has 0 aliphatic carbocycles. The summed E-state index contributed by atoms with van der Waals surface area (Å²) in [5.41, 5.74) is 3.00. The van der Waals surface area contributed by atoms with Gasteiger partial charge in [-0.2, -0.15) is 0 Å². The van der Waals surface area contributed by atoms with Gasteiger partial charge < -0.3 is 14.9 Å². The van der Waals surface area contributed by atoms with Crippen LogP contribution in [0.1, 0.15) is 15.2 Å². The molecular formula is C22H22FN3O4S2. The summed E-state index contributed by atoms with van der Waals surface area (Å²) in [6.07, 6.45) is 0. The molecule has 1 saturated heterocycles. The van der Waals surface area contributed by atoms with Crippen molar-refractivity contribution in [2.45, 2.75) is 11.8 Å². The third kappa shape index (κ3) is 4.34. The number of carbonyl (C=O) groups is 1. The van der Waals surface area contributed by atoms with Crippen LogP contribution in [0.5, 0.6) is 0 Å². The molecule has 0 bridgehead atoms. The Balaban J connectivity index is 1.61. The number of nitrogens with two attached hydrogens (primary N) is 1. The van der Waals surface area contributed by atoms with Crippen molar-refractivity contribution >= 4 is 38.0 Å². The molecule has 2 aromatic carbocycles. The summed E-state index contributed by atoms with van der Waals surface area (Å²) in [6, 6.07) is 12.3. The molecule has 32 heavy (non-hydrogen) atoms. The lowest BCUT2D eigenvalue weighted by atomic mass is 10.0. The summed E-state index contributed by atoms with van der Waals surface area (Å²) >= 11 is 1.22. The molecule has 0 amide bonds. The number of primary sulfonamides is 1. The van der Waals surface area contributed by atoms with Crippen LogP contribution in [0.3, 0.4) is 0 Å². The van der Waals surface area contributed by atoms with Gasteiger partial charge in [0.2, 0.25) is 10.0 Å². The first kappa shape index (κ1) is 22.3. The number of piperazine rings is 1. The molecule has 3 N–H and O–H groups in total. The fourth-order valence-corrected chi connectivity index (χ4v) is 5.67. The Labute approximate surface area is 189 Å². The Bertz CT molecular complexity index is 1250. The molecule has 0 radical (unpaired) electrons. The zero-order chi connectivity index (χ0) is 23.0. The third-order valence-corrected chi connectivity index (χ3v) is 7.82. The lowest BCUT2D eigenvalue weighted by molar-refractivity contribution is 0.0703. The number of aromatic carboxylic acids is 1. The first-order valence-electron chi connectivity index (χ1n) is 9.90. The van der Waals surface area contributed by atoms with E-state index in [9.17, 15) is 22.7 Å². The molecule has 0 spiro atoms. The number of sulfonamides is 1. The van der Waals surface area contributed by atoms with E-state index in [1.807, 2.05) is 6.92 Å². The SMILES string of the molecule is Cc1c(N2CCN(c3ccc(F)cc3)CC2)sc(C(=O)O)c1-c1ccc(S(N)(=O)=O)cc1. The molecule has 2 heterocycles. The number of thiophene rings is 1. The summed E-state index contributed by atoms with van der Waals surface area (Å²) in [5, 5.41) is 15.8. The molecule has 4 rings (SSSR count). The third-order valence-electron chi connectivity index (χ3n) is 5.55. The molecule has 1 aliphatic rings. The van der Waals surface area contributed by atoms with Crippen LogP contribution in [0, 0.1) is 12.7 Å². The number of hydrogen-bond acceptors (Lipinski definition) is 6. The van der Waals surface area contributed by atoms with Crippen LogP contribution in [0.4, 0.5) is 15.1 Å². The van der Waals surface area contributed by atoms with Crippen LogP contribution < -0.4 is 14.9 Å². The minimum absolute atomic E-state index is 0.0249. The minimum atomic E-state index is -3.83. The van der Waals surface area contributed by atoms with Gasteiger partial charge in [-0.05, 0) is 54.4 Å². The molecule has 0 atom stereocenters. The van der Waals surface area contributed by atoms with Crippen LogP contribution in [0.25, 0.3) is 11.1 Å². The largest absolute Gasteiger partial charge is 0.477 e. The number of carboxylic acid groups (broad SMARTS) is 1. The highest BCUT2D eigenvalue weighted by molar-refractivity contribution is 7.89. The van der Waals surface area contributed by atoms with Crippen molar-refractivity contribution in [3.63, 3.8) is 0 Å². The summed E-state index contributed by atoms with van der Waals surface area (Å²) < 4.78 is 36.3. The van der Waals surface area contributed by atoms with Crippen LogP contribution >= 0.6 is 11.3 Å². The first-order valence-corrected chi connectivity index (χ1v) is 12.3. The van der Waals surface area contributed by atoms with E-state index >= 15 is 0 Å². The van der Waals surface area contributed by atoms with E-state index in [-0.39, 0.29) is 15.6 Å². The maximum atomic E-state index is 13.2. The number of nitrogens with zero attached hydrogens (tertiary/aromatic N) is 2. The smallest absolute Gasteiger partial charge is 0.346 e. The number of anilines is 2. The van der Waals surface area contributed by atoms with Gasteiger partial charge in [-0.1, -0.05) is 12.1 Å². The van der Waals surface area contributed by atoms with Crippen molar-refractivity contribution in [3.05, 3.63) is 64.8 Å². The quantitative estimate of drug-likeness (QED) is 0.585. The fourth-order valence-electron chi connectivity index (χ4n) is 3.93. The van der Waals surface area contributed by atoms with Crippen molar-refractivity contribution in [1.82, 2.24) is 0 Å². The molecule has 0 saturated carbocycles. The van der Waals surface area contributed by atoms with Crippen molar-refractivity contribution in [3.8, 4) is 11.1 Å². The van der Waals surface area contributed by atoms with Gasteiger partial charge in [0.25, 0.3) is 0 Å². The first-order chi connectivity index (χ1) is 15.1. The Morgan fingerprint density at radius 3 is 2.09 bits per heavy atom. The van der Waals surface area contributed by atoms with E-state index in [1.54, 1.807) is 24.3 Å². The minimum Gasteiger partial charge on any atom is -0.477 e. The zero-order valence-electron chi connectivity index (χ0n) is 17.3. The molecular weight excluding hydrogens is 453 g/mol. The number of hydrogen-bond donors (Lipinski definition) is 2. The van der Waals surface area contributed by atoms with E-state index in [0.717, 1.165) is 29.3 Å². The second kappa shape index (κ2) is 8.53. The maximum Gasteiger partial charge on any atom is 0.346 e. The summed E-state index contributed by atoms with van der Waals surface area (Å²) in [5.74, 6) is -1.30. The standard InChI is InChI=1S/C22H22FN3O4S2/c1-14-19(15-2-8-18(9-3-15)32(24,29)30)20(22(27)28)31-21(14)26-12-10-25(11-13-26)17-6-4-16(23)5-7-17/h2-9H,10-13H2,1H3,(H,27,28)(H2,24,29,30). The number of benzene rings is 2. The topological polar surface area (TPSA) is 104 Å². The van der Waals surface area contributed by atoms with Crippen LogP contribution in [-0.4, -0.2) is 45.7 Å². The van der Waals surface area contributed by atoms with Gasteiger partial charge in [0, 0.05) is 37.4 Å². The van der Waals surface area contributed by atoms with Gasteiger partial charge >= 0.3 is 5.97 Å². The van der Waals surface area contributed by atoms with E-state index in [0.29, 0.717) is 24.2 Å². The summed E-state index contributed by atoms with van der Waals surface area (Å²) in [7, 11) is -3.83. The highest BCUT2D eigenvalue weighted by atomic mass is 32.2. The molecule has 1 aliphatic heterocycles. The maximum absolute atomic E-state index is 13.2. The van der Waals surface area contributed by atoms with E-state index in [4.69, 9.17) is 5.14 Å². The Morgan fingerprint density at radius 1 is 1.00 bits per heavy atom. The Hall–Kier alpha value is -2.95. The van der Waals surface area contributed by atoms with Gasteiger partial charge in [0.15, 0.2) is 0 Å². The van der Waals surface area contributed by atoms with E-state index < -0.39 is 16.0 Å². The predicted molar refractivity (Wildman–Crippen MR) is 124 cm³/mol.